The molecule has 2 atom stereocenters. The first-order valence-corrected chi connectivity index (χ1v) is 11.3. The molecule has 2 aliphatic rings. The molecule has 0 saturated heterocycles. The molecule has 3 N–H and O–H groups in total. The molecule has 0 bridgehead atoms. The predicted molar refractivity (Wildman–Crippen MR) is 127 cm³/mol. The second kappa shape index (κ2) is 9.21. The summed E-state index contributed by atoms with van der Waals surface area (Å²) in [5.41, 5.74) is 4.38. The first-order chi connectivity index (χ1) is 16.9. The third-order valence-corrected chi connectivity index (χ3v) is 6.57. The Hall–Kier alpha value is -4.20. The molecule has 0 unspecified atom stereocenters. The summed E-state index contributed by atoms with van der Waals surface area (Å²) in [6.07, 6.45) is -0.224. The minimum absolute atomic E-state index is 0.0943. The van der Waals surface area contributed by atoms with Crippen molar-refractivity contribution in [3.05, 3.63) is 89.2 Å². The third kappa shape index (κ3) is 4.59. The van der Waals surface area contributed by atoms with Gasteiger partial charge in [-0.2, -0.15) is 0 Å². The maximum absolute atomic E-state index is 14.5. The number of nitrogens with one attached hydrogen (secondary N) is 2. The van der Waals surface area contributed by atoms with Crippen molar-refractivity contribution >= 4 is 23.7 Å². The second-order valence-corrected chi connectivity index (χ2v) is 8.80. The lowest BCUT2D eigenvalue weighted by Gasteiger charge is -2.15. The number of carboxylic acids is 1. The number of carbonyl (C=O) groups is 3. The molecule has 5 rings (SSSR count). The van der Waals surface area contributed by atoms with Gasteiger partial charge in [0.1, 0.15) is 12.4 Å². The molecule has 35 heavy (non-hydrogen) atoms. The number of carboxylic acid groups (broad SMARTS) is 1. The van der Waals surface area contributed by atoms with Crippen molar-refractivity contribution in [2.45, 2.75) is 12.3 Å². The van der Waals surface area contributed by atoms with Crippen LogP contribution in [0.25, 0.3) is 11.1 Å². The van der Waals surface area contributed by atoms with Crippen LogP contribution in [0.4, 0.5) is 14.9 Å². The van der Waals surface area contributed by atoms with Crippen LogP contribution in [-0.4, -0.2) is 36.2 Å². The number of ether oxygens (including phenoxy) is 1. The number of rotatable bonds is 7. The van der Waals surface area contributed by atoms with E-state index in [9.17, 15) is 18.8 Å². The Bertz CT molecular complexity index is 1280. The predicted octanol–water partition coefficient (Wildman–Crippen LogP) is 4.64. The van der Waals surface area contributed by atoms with Gasteiger partial charge >= 0.3 is 12.1 Å². The minimum atomic E-state index is -0.890. The zero-order chi connectivity index (χ0) is 24.5. The highest BCUT2D eigenvalue weighted by Crippen LogP contribution is 2.44. The summed E-state index contributed by atoms with van der Waals surface area (Å²) >= 11 is 0. The van der Waals surface area contributed by atoms with Crippen molar-refractivity contribution < 1.29 is 28.6 Å². The van der Waals surface area contributed by atoms with Crippen molar-refractivity contribution in [2.75, 3.05) is 18.5 Å². The van der Waals surface area contributed by atoms with E-state index in [2.05, 4.69) is 10.6 Å². The van der Waals surface area contributed by atoms with Gasteiger partial charge in [-0.05, 0) is 52.8 Å². The van der Waals surface area contributed by atoms with Gasteiger partial charge in [0.15, 0.2) is 0 Å². The van der Waals surface area contributed by atoms with Gasteiger partial charge in [-0.1, -0.05) is 48.5 Å². The highest BCUT2D eigenvalue weighted by molar-refractivity contribution is 5.95. The Balaban J connectivity index is 1.18. The van der Waals surface area contributed by atoms with E-state index in [-0.39, 0.29) is 36.2 Å². The quantitative estimate of drug-likeness (QED) is 0.463. The number of anilines is 1. The third-order valence-electron chi connectivity index (χ3n) is 6.57. The average molecular weight is 474 g/mol. The first-order valence-electron chi connectivity index (χ1n) is 11.3. The molecule has 3 aromatic carbocycles. The fourth-order valence-electron chi connectivity index (χ4n) is 4.62. The lowest BCUT2D eigenvalue weighted by molar-refractivity contribution is -0.138. The van der Waals surface area contributed by atoms with Crippen LogP contribution >= 0.6 is 0 Å². The smallest absolute Gasteiger partial charge is 0.411 e. The van der Waals surface area contributed by atoms with Crippen molar-refractivity contribution in [1.82, 2.24) is 5.32 Å². The normalized spacial score (nSPS) is 17.7. The van der Waals surface area contributed by atoms with Crippen LogP contribution in [0, 0.1) is 17.7 Å². The summed E-state index contributed by atoms with van der Waals surface area (Å²) in [4.78, 5) is 35.5. The molecule has 0 spiro atoms. The number of benzene rings is 3. The van der Waals surface area contributed by atoms with E-state index in [1.807, 2.05) is 48.5 Å². The number of amides is 2. The van der Waals surface area contributed by atoms with Crippen LogP contribution in [0.15, 0.2) is 66.7 Å². The monoisotopic (exact) mass is 474 g/mol. The topological polar surface area (TPSA) is 105 Å². The lowest BCUT2D eigenvalue weighted by Crippen LogP contribution is -2.27. The molecule has 2 amide bonds. The standard InChI is InChI=1S/C27H23FN2O5/c28-24-12-16(9-10-21(24)25(31)29-13-15-11-22(15)26(32)33)30-27(34)35-14-23-19-7-3-1-5-17(19)18-6-2-4-8-20(18)23/h1-10,12,15,22-23H,11,13-14H2,(H,29,31)(H,30,34)(H,32,33)/t15-,22-/m1/s1. The summed E-state index contributed by atoms with van der Waals surface area (Å²) in [7, 11) is 0. The number of carbonyl (C=O) groups excluding carboxylic acids is 2. The van der Waals surface area contributed by atoms with Crippen molar-refractivity contribution in [1.29, 1.82) is 0 Å². The molecule has 7 nitrogen and oxygen atoms in total. The maximum atomic E-state index is 14.5. The molecule has 0 heterocycles. The summed E-state index contributed by atoms with van der Waals surface area (Å²) in [5.74, 6) is -3.00. The molecular weight excluding hydrogens is 451 g/mol. The summed E-state index contributed by atoms with van der Waals surface area (Å²) in [6, 6.07) is 19.7. The fraction of sp³-hybridized carbons (Fsp3) is 0.222. The Morgan fingerprint density at radius 3 is 2.23 bits per heavy atom. The largest absolute Gasteiger partial charge is 0.481 e. The van der Waals surface area contributed by atoms with E-state index < -0.39 is 29.7 Å². The minimum Gasteiger partial charge on any atom is -0.481 e. The number of aliphatic carboxylic acids is 1. The van der Waals surface area contributed by atoms with Gasteiger partial charge < -0.3 is 15.2 Å². The number of hydrogen-bond acceptors (Lipinski definition) is 4. The van der Waals surface area contributed by atoms with E-state index in [4.69, 9.17) is 9.84 Å². The Morgan fingerprint density at radius 1 is 0.971 bits per heavy atom. The maximum Gasteiger partial charge on any atom is 0.411 e. The highest BCUT2D eigenvalue weighted by atomic mass is 19.1. The second-order valence-electron chi connectivity index (χ2n) is 8.80. The fourth-order valence-corrected chi connectivity index (χ4v) is 4.62. The summed E-state index contributed by atoms with van der Waals surface area (Å²) in [5, 5.41) is 14.0. The number of fused-ring (bicyclic) bond motifs is 3. The molecule has 1 fully saturated rings. The SMILES string of the molecule is O=C(Nc1ccc(C(=O)NC[C@H]2C[C@H]2C(=O)O)c(F)c1)OCC1c2ccccc2-c2ccccc21. The van der Waals surface area contributed by atoms with E-state index in [1.165, 1.54) is 12.1 Å². The molecule has 0 radical (unpaired) electrons. The number of hydrogen-bond donors (Lipinski definition) is 3. The molecule has 0 aromatic heterocycles. The van der Waals surface area contributed by atoms with Crippen LogP contribution in [-0.2, 0) is 9.53 Å². The Morgan fingerprint density at radius 2 is 1.63 bits per heavy atom. The molecule has 8 heteroatoms. The molecule has 0 aliphatic heterocycles. The van der Waals surface area contributed by atoms with Crippen molar-refractivity contribution in [2.24, 2.45) is 11.8 Å². The van der Waals surface area contributed by atoms with Gasteiger partial charge in [-0.3, -0.25) is 14.9 Å². The van der Waals surface area contributed by atoms with Crippen LogP contribution in [0.3, 0.4) is 0 Å². The molecule has 3 aromatic rings. The Labute approximate surface area is 200 Å². The zero-order valence-corrected chi connectivity index (χ0v) is 18.7. The van der Waals surface area contributed by atoms with E-state index in [1.54, 1.807) is 0 Å². The first kappa shape index (κ1) is 22.6. The van der Waals surface area contributed by atoms with Crippen LogP contribution in [0.1, 0.15) is 33.8 Å². The van der Waals surface area contributed by atoms with Gasteiger partial charge in [0.25, 0.3) is 5.91 Å². The van der Waals surface area contributed by atoms with Gasteiger partial charge in [0.05, 0.1) is 11.5 Å². The van der Waals surface area contributed by atoms with Crippen molar-refractivity contribution in [3.63, 3.8) is 0 Å². The van der Waals surface area contributed by atoms with Crippen molar-refractivity contribution in [3.8, 4) is 11.1 Å². The zero-order valence-electron chi connectivity index (χ0n) is 18.7. The summed E-state index contributed by atoms with van der Waals surface area (Å²) < 4.78 is 20.0. The van der Waals surface area contributed by atoms with E-state index in [0.717, 1.165) is 28.3 Å². The molecule has 178 valence electrons. The van der Waals surface area contributed by atoms with Crippen LogP contribution < -0.4 is 10.6 Å². The van der Waals surface area contributed by atoms with Crippen LogP contribution in [0.5, 0.6) is 0 Å². The highest BCUT2D eigenvalue weighted by Gasteiger charge is 2.43. The average Bonchev–Trinajstić information content (AvgIpc) is 3.57. The van der Waals surface area contributed by atoms with E-state index in [0.29, 0.717) is 6.42 Å². The molecule has 2 aliphatic carbocycles. The lowest BCUT2D eigenvalue weighted by atomic mass is 9.98. The van der Waals surface area contributed by atoms with Gasteiger partial charge in [0, 0.05) is 18.2 Å². The van der Waals surface area contributed by atoms with Gasteiger partial charge in [-0.15, -0.1) is 0 Å². The molecular formula is C27H23FN2O5. The van der Waals surface area contributed by atoms with Gasteiger partial charge in [-0.25, -0.2) is 9.18 Å². The molecule has 1 saturated carbocycles. The summed E-state index contributed by atoms with van der Waals surface area (Å²) in [6.45, 7) is 0.302. The Kier molecular flexibility index (Phi) is 5.94. The van der Waals surface area contributed by atoms with E-state index >= 15 is 0 Å². The van der Waals surface area contributed by atoms with Crippen LogP contribution in [0.2, 0.25) is 0 Å². The van der Waals surface area contributed by atoms with Gasteiger partial charge in [0.2, 0.25) is 0 Å². The number of halogens is 1.